The molecule has 114 valence electrons. The molecule has 2 aliphatic rings. The molecular formula is C15H18BrNO4. The number of fused-ring (bicyclic) bond motifs is 1. The van der Waals surface area contributed by atoms with Crippen LogP contribution in [0.2, 0.25) is 0 Å². The van der Waals surface area contributed by atoms with E-state index in [-0.39, 0.29) is 0 Å². The van der Waals surface area contributed by atoms with Crippen LogP contribution in [0.3, 0.4) is 0 Å². The minimum Gasteiger partial charge on any atom is -0.486 e. The number of likely N-dealkylation sites (tertiary alicyclic amines) is 1. The van der Waals surface area contributed by atoms with Crippen LogP contribution < -0.4 is 9.47 Å². The van der Waals surface area contributed by atoms with Crippen LogP contribution in [-0.4, -0.2) is 42.3 Å². The first kappa shape index (κ1) is 14.7. The summed E-state index contributed by atoms with van der Waals surface area (Å²) in [5.74, 6) is 0.805. The third kappa shape index (κ3) is 2.87. The van der Waals surface area contributed by atoms with Gasteiger partial charge in [-0.15, -0.1) is 0 Å². The highest BCUT2D eigenvalue weighted by Gasteiger charge is 2.40. The van der Waals surface area contributed by atoms with Crippen LogP contribution in [0.5, 0.6) is 11.5 Å². The first-order valence-electron chi connectivity index (χ1n) is 7.02. The van der Waals surface area contributed by atoms with Crippen LogP contribution in [0.15, 0.2) is 16.6 Å². The van der Waals surface area contributed by atoms with Crippen molar-refractivity contribution in [3.63, 3.8) is 0 Å². The highest BCUT2D eigenvalue weighted by molar-refractivity contribution is 9.10. The number of hydrogen-bond donors (Lipinski definition) is 1. The van der Waals surface area contributed by atoms with Gasteiger partial charge in [0.05, 0.1) is 5.41 Å². The smallest absolute Gasteiger partial charge is 0.310 e. The van der Waals surface area contributed by atoms with Crippen molar-refractivity contribution in [1.29, 1.82) is 0 Å². The molecule has 0 aromatic heterocycles. The highest BCUT2D eigenvalue weighted by atomic mass is 79.9. The Bertz CT molecular complexity index is 577. The Balaban J connectivity index is 1.75. The van der Waals surface area contributed by atoms with Gasteiger partial charge in [-0.1, -0.05) is 15.9 Å². The molecular weight excluding hydrogens is 338 g/mol. The van der Waals surface area contributed by atoms with Gasteiger partial charge in [0.1, 0.15) is 13.2 Å². The Kier molecular flexibility index (Phi) is 3.84. The van der Waals surface area contributed by atoms with Gasteiger partial charge in [0.2, 0.25) is 0 Å². The van der Waals surface area contributed by atoms with Crippen molar-refractivity contribution in [2.45, 2.75) is 19.9 Å². The van der Waals surface area contributed by atoms with Gasteiger partial charge in [-0.25, -0.2) is 0 Å². The van der Waals surface area contributed by atoms with Crippen molar-refractivity contribution in [2.24, 2.45) is 5.41 Å². The lowest BCUT2D eigenvalue weighted by Gasteiger charge is -2.23. The van der Waals surface area contributed by atoms with E-state index >= 15 is 0 Å². The predicted molar refractivity (Wildman–Crippen MR) is 80.8 cm³/mol. The number of ether oxygens (including phenoxy) is 2. The fourth-order valence-electron chi connectivity index (χ4n) is 2.83. The molecule has 0 aliphatic carbocycles. The fourth-order valence-corrected chi connectivity index (χ4v) is 3.28. The second-order valence-electron chi connectivity index (χ2n) is 5.91. The van der Waals surface area contributed by atoms with Crippen LogP contribution in [0, 0.1) is 5.41 Å². The second kappa shape index (κ2) is 5.50. The number of carboxylic acid groups (broad SMARTS) is 1. The van der Waals surface area contributed by atoms with Gasteiger partial charge in [0.25, 0.3) is 0 Å². The van der Waals surface area contributed by atoms with Gasteiger partial charge in [0.15, 0.2) is 11.5 Å². The quantitative estimate of drug-likeness (QED) is 0.902. The molecule has 5 nitrogen and oxygen atoms in total. The third-order valence-electron chi connectivity index (χ3n) is 4.17. The standard InChI is InChI=1S/C15H18BrNO4/c1-15(14(18)19)2-3-17(9-15)8-10-6-12-13(7-11(10)16)21-5-4-20-12/h6-7H,2-5,8-9H2,1H3,(H,18,19). The van der Waals surface area contributed by atoms with Crippen molar-refractivity contribution in [1.82, 2.24) is 4.90 Å². The Morgan fingerprint density at radius 3 is 2.67 bits per heavy atom. The monoisotopic (exact) mass is 355 g/mol. The number of carbonyl (C=O) groups is 1. The molecule has 0 amide bonds. The summed E-state index contributed by atoms with van der Waals surface area (Å²) in [6, 6.07) is 3.91. The average molecular weight is 356 g/mol. The summed E-state index contributed by atoms with van der Waals surface area (Å²) in [4.78, 5) is 13.5. The zero-order valence-electron chi connectivity index (χ0n) is 11.9. The first-order chi connectivity index (χ1) is 9.98. The van der Waals surface area contributed by atoms with E-state index in [9.17, 15) is 9.90 Å². The van der Waals surface area contributed by atoms with Gasteiger partial charge < -0.3 is 14.6 Å². The summed E-state index contributed by atoms with van der Waals surface area (Å²) in [6.07, 6.45) is 0.685. The van der Waals surface area contributed by atoms with E-state index in [2.05, 4.69) is 20.8 Å². The summed E-state index contributed by atoms with van der Waals surface area (Å²) in [7, 11) is 0. The minimum atomic E-state index is -0.716. The number of aliphatic carboxylic acids is 1. The van der Waals surface area contributed by atoms with Crippen LogP contribution >= 0.6 is 15.9 Å². The molecule has 21 heavy (non-hydrogen) atoms. The Morgan fingerprint density at radius 2 is 2.05 bits per heavy atom. The van der Waals surface area contributed by atoms with Gasteiger partial charge >= 0.3 is 5.97 Å². The molecule has 1 fully saturated rings. The van der Waals surface area contributed by atoms with Gasteiger partial charge in [-0.05, 0) is 37.6 Å². The van der Waals surface area contributed by atoms with E-state index in [4.69, 9.17) is 9.47 Å². The highest BCUT2D eigenvalue weighted by Crippen LogP contribution is 2.37. The number of benzene rings is 1. The van der Waals surface area contributed by atoms with E-state index < -0.39 is 11.4 Å². The lowest BCUT2D eigenvalue weighted by Crippen LogP contribution is -2.31. The largest absolute Gasteiger partial charge is 0.486 e. The van der Waals surface area contributed by atoms with Gasteiger partial charge in [0, 0.05) is 17.6 Å². The number of carboxylic acids is 1. The summed E-state index contributed by atoms with van der Waals surface area (Å²) in [6.45, 7) is 5.03. The fraction of sp³-hybridized carbons (Fsp3) is 0.533. The van der Waals surface area contributed by atoms with Crippen molar-refractivity contribution < 1.29 is 19.4 Å². The Labute approximate surface area is 132 Å². The molecule has 2 aliphatic heterocycles. The van der Waals surface area contributed by atoms with Crippen molar-refractivity contribution >= 4 is 21.9 Å². The first-order valence-corrected chi connectivity index (χ1v) is 7.81. The molecule has 0 radical (unpaired) electrons. The van der Waals surface area contributed by atoms with Crippen LogP contribution in [0.1, 0.15) is 18.9 Å². The lowest BCUT2D eigenvalue weighted by atomic mass is 9.90. The maximum Gasteiger partial charge on any atom is 0.310 e. The van der Waals surface area contributed by atoms with Crippen molar-refractivity contribution in [3.05, 3.63) is 22.2 Å². The molecule has 1 atom stereocenters. The molecule has 6 heteroatoms. The Morgan fingerprint density at radius 1 is 1.38 bits per heavy atom. The van der Waals surface area contributed by atoms with E-state index in [1.807, 2.05) is 19.1 Å². The summed E-state index contributed by atoms with van der Waals surface area (Å²) in [5.41, 5.74) is 0.453. The topological polar surface area (TPSA) is 59.0 Å². The zero-order chi connectivity index (χ0) is 15.0. The summed E-state index contributed by atoms with van der Waals surface area (Å²) in [5, 5.41) is 9.30. The molecule has 3 rings (SSSR count). The molecule has 1 saturated heterocycles. The molecule has 1 aromatic carbocycles. The predicted octanol–water partition coefficient (Wildman–Crippen LogP) is 2.52. The lowest BCUT2D eigenvalue weighted by molar-refractivity contribution is -0.147. The van der Waals surface area contributed by atoms with Gasteiger partial charge in [-0.2, -0.15) is 0 Å². The summed E-state index contributed by atoms with van der Waals surface area (Å²) >= 11 is 3.56. The molecule has 0 bridgehead atoms. The van der Waals surface area contributed by atoms with E-state index in [0.29, 0.717) is 32.7 Å². The zero-order valence-corrected chi connectivity index (χ0v) is 13.5. The van der Waals surface area contributed by atoms with E-state index in [0.717, 1.165) is 28.1 Å². The van der Waals surface area contributed by atoms with Crippen molar-refractivity contribution in [2.75, 3.05) is 26.3 Å². The van der Waals surface area contributed by atoms with Crippen LogP contribution in [-0.2, 0) is 11.3 Å². The van der Waals surface area contributed by atoms with Crippen molar-refractivity contribution in [3.8, 4) is 11.5 Å². The minimum absolute atomic E-state index is 0.564. The van der Waals surface area contributed by atoms with E-state index in [1.165, 1.54) is 0 Å². The normalized spacial score (nSPS) is 25.0. The van der Waals surface area contributed by atoms with E-state index in [1.54, 1.807) is 0 Å². The molecule has 1 aromatic rings. The average Bonchev–Trinajstić information content (AvgIpc) is 2.83. The molecule has 1 N–H and O–H groups in total. The number of halogens is 1. The van der Waals surface area contributed by atoms with Crippen LogP contribution in [0.4, 0.5) is 0 Å². The van der Waals surface area contributed by atoms with Crippen LogP contribution in [0.25, 0.3) is 0 Å². The number of nitrogens with zero attached hydrogens (tertiary/aromatic N) is 1. The number of hydrogen-bond acceptors (Lipinski definition) is 4. The molecule has 1 unspecified atom stereocenters. The third-order valence-corrected chi connectivity index (χ3v) is 4.91. The molecule has 0 saturated carbocycles. The SMILES string of the molecule is CC1(C(=O)O)CCN(Cc2cc3c(cc2Br)OCCO3)C1. The molecule has 0 spiro atoms. The number of rotatable bonds is 3. The maximum absolute atomic E-state index is 11.3. The van der Waals surface area contributed by atoms with Gasteiger partial charge in [-0.3, -0.25) is 9.69 Å². The summed E-state index contributed by atoms with van der Waals surface area (Å²) < 4.78 is 12.1. The Hall–Kier alpha value is -1.27. The molecule has 2 heterocycles. The second-order valence-corrected chi connectivity index (χ2v) is 6.77. The maximum atomic E-state index is 11.3.